The standard InChI is InChI=1S/C13H22N2O4S/c1-8-7-11(10(3)19-8)9(2)15-13(16)12(14)5-6-20(4,17)18/h7,9,12H,5-6,14H2,1-4H3,(H,15,16). The van der Waals surface area contributed by atoms with E-state index >= 15 is 0 Å². The van der Waals surface area contributed by atoms with Gasteiger partial charge in [0.25, 0.3) is 0 Å². The van der Waals surface area contributed by atoms with E-state index in [0.717, 1.165) is 23.3 Å². The van der Waals surface area contributed by atoms with E-state index in [9.17, 15) is 13.2 Å². The van der Waals surface area contributed by atoms with E-state index in [1.54, 1.807) is 0 Å². The third-order valence-electron chi connectivity index (χ3n) is 3.04. The molecule has 7 heteroatoms. The van der Waals surface area contributed by atoms with Crippen molar-refractivity contribution in [1.29, 1.82) is 0 Å². The molecule has 0 aliphatic carbocycles. The number of furan rings is 1. The Bertz CT molecular complexity index is 577. The van der Waals surface area contributed by atoms with Crippen molar-refractivity contribution >= 4 is 15.7 Å². The van der Waals surface area contributed by atoms with Crippen molar-refractivity contribution < 1.29 is 17.6 Å². The molecular weight excluding hydrogens is 280 g/mol. The first-order chi connectivity index (χ1) is 9.10. The van der Waals surface area contributed by atoms with Gasteiger partial charge in [-0.3, -0.25) is 4.79 Å². The smallest absolute Gasteiger partial charge is 0.237 e. The number of sulfone groups is 1. The minimum Gasteiger partial charge on any atom is -0.466 e. The second kappa shape index (κ2) is 6.41. The second-order valence-corrected chi connectivity index (χ2v) is 7.38. The van der Waals surface area contributed by atoms with Gasteiger partial charge in [0.2, 0.25) is 5.91 Å². The molecule has 1 rings (SSSR count). The van der Waals surface area contributed by atoms with Crippen LogP contribution in [0.4, 0.5) is 0 Å². The average Bonchev–Trinajstić information content (AvgIpc) is 2.64. The predicted octanol–water partition coefficient (Wildman–Crippen LogP) is 0.836. The van der Waals surface area contributed by atoms with E-state index in [1.807, 2.05) is 26.8 Å². The van der Waals surface area contributed by atoms with Crippen LogP contribution in [0.25, 0.3) is 0 Å². The molecule has 0 aromatic carbocycles. The maximum atomic E-state index is 11.9. The lowest BCUT2D eigenvalue weighted by Crippen LogP contribution is -2.42. The van der Waals surface area contributed by atoms with Crippen LogP contribution in [0.15, 0.2) is 10.5 Å². The Balaban J connectivity index is 2.59. The SMILES string of the molecule is Cc1cc(C(C)NC(=O)C(N)CCS(C)(=O)=O)c(C)o1. The van der Waals surface area contributed by atoms with Gasteiger partial charge in [-0.15, -0.1) is 0 Å². The van der Waals surface area contributed by atoms with Crippen LogP contribution in [-0.4, -0.2) is 32.4 Å². The summed E-state index contributed by atoms with van der Waals surface area (Å²) in [6.07, 6.45) is 1.23. The zero-order valence-corrected chi connectivity index (χ0v) is 13.1. The highest BCUT2D eigenvalue weighted by atomic mass is 32.2. The summed E-state index contributed by atoms with van der Waals surface area (Å²) >= 11 is 0. The van der Waals surface area contributed by atoms with Crippen molar-refractivity contribution in [2.75, 3.05) is 12.0 Å². The Morgan fingerprint density at radius 1 is 1.45 bits per heavy atom. The first-order valence-electron chi connectivity index (χ1n) is 6.40. The Hall–Kier alpha value is -1.34. The maximum absolute atomic E-state index is 11.9. The van der Waals surface area contributed by atoms with Crippen molar-refractivity contribution in [2.45, 2.75) is 39.3 Å². The molecule has 0 spiro atoms. The number of nitrogens with two attached hydrogens (primary N) is 1. The molecule has 1 amide bonds. The van der Waals surface area contributed by atoms with Crippen LogP contribution in [-0.2, 0) is 14.6 Å². The first kappa shape index (κ1) is 16.7. The fourth-order valence-electron chi connectivity index (χ4n) is 1.95. The fraction of sp³-hybridized carbons (Fsp3) is 0.615. The molecule has 6 nitrogen and oxygen atoms in total. The third kappa shape index (κ3) is 4.97. The van der Waals surface area contributed by atoms with Gasteiger partial charge < -0.3 is 15.5 Å². The Labute approximate surface area is 119 Å². The van der Waals surface area contributed by atoms with Crippen LogP contribution in [0.3, 0.4) is 0 Å². The van der Waals surface area contributed by atoms with Crippen LogP contribution in [0.1, 0.15) is 36.5 Å². The molecule has 0 saturated heterocycles. The number of carbonyl (C=O) groups excluding carboxylic acids is 1. The van der Waals surface area contributed by atoms with Crippen LogP contribution < -0.4 is 11.1 Å². The average molecular weight is 302 g/mol. The van der Waals surface area contributed by atoms with Crippen molar-refractivity contribution in [3.05, 3.63) is 23.2 Å². The number of carbonyl (C=O) groups is 1. The molecule has 1 aromatic rings. The number of nitrogens with one attached hydrogen (secondary N) is 1. The molecule has 2 atom stereocenters. The minimum absolute atomic E-state index is 0.0974. The molecule has 2 unspecified atom stereocenters. The summed E-state index contributed by atoms with van der Waals surface area (Å²) in [7, 11) is -3.11. The third-order valence-corrected chi connectivity index (χ3v) is 4.02. The first-order valence-corrected chi connectivity index (χ1v) is 8.47. The molecule has 1 heterocycles. The molecule has 0 fully saturated rings. The zero-order valence-electron chi connectivity index (χ0n) is 12.3. The molecular formula is C13H22N2O4S. The van der Waals surface area contributed by atoms with E-state index in [0.29, 0.717) is 0 Å². The van der Waals surface area contributed by atoms with Crippen LogP contribution >= 0.6 is 0 Å². The molecule has 114 valence electrons. The van der Waals surface area contributed by atoms with E-state index in [2.05, 4.69) is 5.32 Å². The summed E-state index contributed by atoms with van der Waals surface area (Å²) in [6.45, 7) is 5.50. The van der Waals surface area contributed by atoms with Gasteiger partial charge in [0, 0.05) is 11.8 Å². The Kier molecular flexibility index (Phi) is 5.35. The van der Waals surface area contributed by atoms with Crippen molar-refractivity contribution in [2.24, 2.45) is 5.73 Å². The summed E-state index contributed by atoms with van der Waals surface area (Å²) in [5, 5.41) is 2.77. The summed E-state index contributed by atoms with van der Waals surface area (Å²) < 4.78 is 27.5. The molecule has 1 aromatic heterocycles. The normalized spacial score (nSPS) is 14.8. The topological polar surface area (TPSA) is 102 Å². The van der Waals surface area contributed by atoms with Crippen LogP contribution in [0.2, 0.25) is 0 Å². The predicted molar refractivity (Wildman–Crippen MR) is 77.0 cm³/mol. The monoisotopic (exact) mass is 302 g/mol. The number of rotatable bonds is 6. The largest absolute Gasteiger partial charge is 0.466 e. The van der Waals surface area contributed by atoms with Crippen molar-refractivity contribution in [3.63, 3.8) is 0 Å². The van der Waals surface area contributed by atoms with Gasteiger partial charge in [-0.05, 0) is 33.3 Å². The Morgan fingerprint density at radius 3 is 2.50 bits per heavy atom. The number of hydrogen-bond donors (Lipinski definition) is 2. The van der Waals surface area contributed by atoms with E-state index in [-0.39, 0.29) is 24.1 Å². The highest BCUT2D eigenvalue weighted by Crippen LogP contribution is 2.21. The van der Waals surface area contributed by atoms with Gasteiger partial charge in [-0.25, -0.2) is 8.42 Å². The number of aryl methyl sites for hydroxylation is 2. The Morgan fingerprint density at radius 2 is 2.05 bits per heavy atom. The van der Waals surface area contributed by atoms with Gasteiger partial charge in [-0.2, -0.15) is 0 Å². The summed E-state index contributed by atoms with van der Waals surface area (Å²) in [6, 6.07) is 0.798. The fourth-order valence-corrected chi connectivity index (χ4v) is 2.63. The van der Waals surface area contributed by atoms with Crippen molar-refractivity contribution in [1.82, 2.24) is 5.32 Å². The molecule has 0 saturated carbocycles. The maximum Gasteiger partial charge on any atom is 0.237 e. The van der Waals surface area contributed by atoms with Crippen LogP contribution in [0.5, 0.6) is 0 Å². The molecule has 0 aliphatic rings. The summed E-state index contributed by atoms with van der Waals surface area (Å²) in [5.74, 6) is 1.07. The minimum atomic E-state index is -3.11. The molecule has 3 N–H and O–H groups in total. The molecule has 0 radical (unpaired) electrons. The van der Waals surface area contributed by atoms with E-state index in [4.69, 9.17) is 10.2 Å². The molecule has 0 bridgehead atoms. The van der Waals surface area contributed by atoms with Gasteiger partial charge >= 0.3 is 0 Å². The summed E-state index contributed by atoms with van der Waals surface area (Å²) in [5.41, 5.74) is 6.59. The van der Waals surface area contributed by atoms with Gasteiger partial charge in [0.05, 0.1) is 17.8 Å². The zero-order chi connectivity index (χ0) is 15.5. The lowest BCUT2D eigenvalue weighted by Gasteiger charge is -2.17. The summed E-state index contributed by atoms with van der Waals surface area (Å²) in [4.78, 5) is 11.9. The van der Waals surface area contributed by atoms with E-state index in [1.165, 1.54) is 0 Å². The molecule has 0 aliphatic heterocycles. The lowest BCUT2D eigenvalue weighted by molar-refractivity contribution is -0.123. The lowest BCUT2D eigenvalue weighted by atomic mass is 10.1. The van der Waals surface area contributed by atoms with Crippen LogP contribution in [0, 0.1) is 13.8 Å². The van der Waals surface area contributed by atoms with Crippen molar-refractivity contribution in [3.8, 4) is 0 Å². The quantitative estimate of drug-likeness (QED) is 0.810. The van der Waals surface area contributed by atoms with Gasteiger partial charge in [-0.1, -0.05) is 0 Å². The number of amides is 1. The van der Waals surface area contributed by atoms with Gasteiger partial charge in [0.15, 0.2) is 0 Å². The van der Waals surface area contributed by atoms with Gasteiger partial charge in [0.1, 0.15) is 21.4 Å². The molecule has 20 heavy (non-hydrogen) atoms. The highest BCUT2D eigenvalue weighted by molar-refractivity contribution is 7.90. The van der Waals surface area contributed by atoms with E-state index < -0.39 is 15.9 Å². The second-order valence-electron chi connectivity index (χ2n) is 5.12. The number of hydrogen-bond acceptors (Lipinski definition) is 5. The highest BCUT2D eigenvalue weighted by Gasteiger charge is 2.20.